The molecule has 176 valence electrons. The van der Waals surface area contributed by atoms with Crippen LogP contribution in [0.25, 0.3) is 0 Å². The van der Waals surface area contributed by atoms with E-state index in [-0.39, 0.29) is 31.5 Å². The Morgan fingerprint density at radius 1 is 1.19 bits per heavy atom. The van der Waals surface area contributed by atoms with Crippen molar-refractivity contribution >= 4 is 23.7 Å². The zero-order chi connectivity index (χ0) is 23.5. The molecule has 7 unspecified atom stereocenters. The van der Waals surface area contributed by atoms with E-state index in [1.165, 1.54) is 13.8 Å². The number of ketones is 1. The van der Waals surface area contributed by atoms with Crippen molar-refractivity contribution in [2.45, 2.75) is 59.0 Å². The van der Waals surface area contributed by atoms with Gasteiger partial charge in [0.15, 0.2) is 5.78 Å². The highest BCUT2D eigenvalue weighted by Gasteiger charge is 2.74. The number of cyclic esters (lactones) is 1. The number of carbonyl (C=O) groups excluding carboxylic acids is 4. The van der Waals surface area contributed by atoms with E-state index in [1.807, 2.05) is 6.92 Å². The number of rotatable bonds is 4. The fourth-order valence-corrected chi connectivity index (χ4v) is 7.37. The topological polar surface area (TPSA) is 116 Å². The van der Waals surface area contributed by atoms with Crippen LogP contribution in [-0.2, 0) is 33.4 Å². The summed E-state index contributed by atoms with van der Waals surface area (Å²) in [4.78, 5) is 50.2. The van der Waals surface area contributed by atoms with E-state index in [2.05, 4.69) is 6.58 Å². The molecule has 0 aromatic heterocycles. The maximum absolute atomic E-state index is 13.4. The lowest BCUT2D eigenvalue weighted by molar-refractivity contribution is -0.253. The molecule has 4 rings (SSSR count). The summed E-state index contributed by atoms with van der Waals surface area (Å²) < 4.78 is 16.9. The van der Waals surface area contributed by atoms with Gasteiger partial charge in [-0.15, -0.1) is 0 Å². The van der Waals surface area contributed by atoms with Gasteiger partial charge < -0.3 is 19.3 Å². The lowest BCUT2D eigenvalue weighted by Crippen LogP contribution is -2.69. The van der Waals surface area contributed by atoms with Crippen molar-refractivity contribution in [3.8, 4) is 0 Å². The predicted molar refractivity (Wildman–Crippen MR) is 111 cm³/mol. The largest absolute Gasteiger partial charge is 0.465 e. The van der Waals surface area contributed by atoms with E-state index in [4.69, 9.17) is 14.2 Å². The van der Waals surface area contributed by atoms with Crippen LogP contribution in [0, 0.1) is 34.0 Å². The molecule has 1 heterocycles. The number of carbonyl (C=O) groups is 4. The predicted octanol–water partition coefficient (Wildman–Crippen LogP) is 1.97. The van der Waals surface area contributed by atoms with Crippen LogP contribution in [0.2, 0.25) is 0 Å². The standard InChI is InChI=1S/C24H32O8/c1-13-16-5-6-17-23(9-16,20(13)28)21(29)31-12-24(17)18(10-25)22(4,11-30-14(2)26)8-7-19(24)32-15(3)27/h16-19,25H,1,5-12H2,2-4H3. The number of fused-ring (bicyclic) bond motifs is 2. The first kappa shape index (κ1) is 23.0. The molecule has 0 aromatic rings. The Balaban J connectivity index is 1.86. The Morgan fingerprint density at radius 2 is 1.91 bits per heavy atom. The minimum absolute atomic E-state index is 0.0541. The number of ether oxygens (including phenoxy) is 3. The summed E-state index contributed by atoms with van der Waals surface area (Å²) in [6, 6.07) is 0. The summed E-state index contributed by atoms with van der Waals surface area (Å²) in [5.41, 5.74) is -2.50. The maximum Gasteiger partial charge on any atom is 0.320 e. The summed E-state index contributed by atoms with van der Waals surface area (Å²) in [7, 11) is 0. The molecule has 0 amide bonds. The third-order valence-electron chi connectivity index (χ3n) is 8.79. The second-order valence-corrected chi connectivity index (χ2v) is 10.4. The van der Waals surface area contributed by atoms with Gasteiger partial charge in [0, 0.05) is 31.8 Å². The van der Waals surface area contributed by atoms with Gasteiger partial charge in [0.1, 0.15) is 18.1 Å². The first-order valence-electron chi connectivity index (χ1n) is 11.3. The third-order valence-corrected chi connectivity index (χ3v) is 8.79. The molecule has 1 N–H and O–H groups in total. The van der Waals surface area contributed by atoms with E-state index in [1.54, 1.807) is 0 Å². The smallest absolute Gasteiger partial charge is 0.320 e. The van der Waals surface area contributed by atoms with Gasteiger partial charge >= 0.3 is 17.9 Å². The van der Waals surface area contributed by atoms with Crippen molar-refractivity contribution in [2.75, 3.05) is 19.8 Å². The minimum Gasteiger partial charge on any atom is -0.465 e. The maximum atomic E-state index is 13.4. The Labute approximate surface area is 187 Å². The molecule has 1 aliphatic heterocycles. The summed E-state index contributed by atoms with van der Waals surface area (Å²) in [5.74, 6) is -2.73. The van der Waals surface area contributed by atoms with Crippen LogP contribution >= 0.6 is 0 Å². The molecular weight excluding hydrogens is 416 g/mol. The van der Waals surface area contributed by atoms with Gasteiger partial charge in [0.25, 0.3) is 0 Å². The Bertz CT molecular complexity index is 879. The van der Waals surface area contributed by atoms with Gasteiger partial charge in [-0.05, 0) is 49.5 Å². The number of allylic oxidation sites excluding steroid dienone is 1. The molecule has 1 saturated heterocycles. The second kappa shape index (κ2) is 7.68. The van der Waals surface area contributed by atoms with E-state index in [0.717, 1.165) is 0 Å². The number of esters is 3. The SMILES string of the molecule is C=C1C(=O)C23CC1CCC2C1(COC3=O)C(OC(C)=O)CCC(C)(COC(C)=O)C1CO. The van der Waals surface area contributed by atoms with Crippen LogP contribution in [0.15, 0.2) is 12.2 Å². The van der Waals surface area contributed by atoms with E-state index in [9.17, 15) is 24.3 Å². The van der Waals surface area contributed by atoms with E-state index in [0.29, 0.717) is 37.7 Å². The molecule has 2 spiro atoms. The number of hydrogen-bond acceptors (Lipinski definition) is 8. The molecule has 2 bridgehead atoms. The highest BCUT2D eigenvalue weighted by Crippen LogP contribution is 2.68. The van der Waals surface area contributed by atoms with Crippen molar-refractivity contribution in [3.05, 3.63) is 12.2 Å². The lowest BCUT2D eigenvalue weighted by Gasteiger charge is -2.63. The highest BCUT2D eigenvalue weighted by molar-refractivity contribution is 6.15. The summed E-state index contributed by atoms with van der Waals surface area (Å²) in [5, 5.41) is 10.7. The zero-order valence-corrected chi connectivity index (χ0v) is 19.0. The highest BCUT2D eigenvalue weighted by atomic mass is 16.6. The molecule has 3 aliphatic carbocycles. The molecule has 0 radical (unpaired) electrons. The molecule has 8 nitrogen and oxygen atoms in total. The zero-order valence-electron chi connectivity index (χ0n) is 19.0. The average molecular weight is 449 g/mol. The Kier molecular flexibility index (Phi) is 5.51. The fourth-order valence-electron chi connectivity index (χ4n) is 7.37. The Morgan fingerprint density at radius 3 is 2.53 bits per heavy atom. The van der Waals surface area contributed by atoms with Gasteiger partial charge in [-0.3, -0.25) is 19.2 Å². The van der Waals surface area contributed by atoms with E-state index < -0.39 is 52.1 Å². The summed E-state index contributed by atoms with van der Waals surface area (Å²) in [6.07, 6.45) is 2.00. The van der Waals surface area contributed by atoms with Gasteiger partial charge in [-0.25, -0.2) is 0 Å². The molecule has 4 fully saturated rings. The molecule has 0 aromatic carbocycles. The van der Waals surface area contributed by atoms with Crippen LogP contribution in [0.5, 0.6) is 0 Å². The Hall–Kier alpha value is -2.22. The van der Waals surface area contributed by atoms with Crippen LogP contribution < -0.4 is 0 Å². The first-order valence-corrected chi connectivity index (χ1v) is 11.3. The van der Waals surface area contributed by atoms with Gasteiger partial charge in [-0.2, -0.15) is 0 Å². The second-order valence-electron chi connectivity index (χ2n) is 10.4. The van der Waals surface area contributed by atoms with Crippen molar-refractivity contribution in [1.82, 2.24) is 0 Å². The monoisotopic (exact) mass is 448 g/mol. The van der Waals surface area contributed by atoms with Crippen molar-refractivity contribution in [2.24, 2.45) is 34.0 Å². The van der Waals surface area contributed by atoms with Crippen LogP contribution in [-0.4, -0.2) is 54.7 Å². The first-order chi connectivity index (χ1) is 15.0. The minimum atomic E-state index is -1.36. The van der Waals surface area contributed by atoms with Gasteiger partial charge in [0.05, 0.1) is 12.0 Å². The van der Waals surface area contributed by atoms with Crippen LogP contribution in [0.1, 0.15) is 52.9 Å². The van der Waals surface area contributed by atoms with Crippen molar-refractivity contribution in [1.29, 1.82) is 0 Å². The number of aliphatic hydroxyl groups is 1. The molecule has 8 heteroatoms. The normalized spacial score (nSPS) is 42.9. The number of hydrogen-bond donors (Lipinski definition) is 1. The quantitative estimate of drug-likeness (QED) is 0.300. The van der Waals surface area contributed by atoms with E-state index >= 15 is 0 Å². The van der Waals surface area contributed by atoms with Crippen molar-refractivity contribution in [3.63, 3.8) is 0 Å². The van der Waals surface area contributed by atoms with Gasteiger partial charge in [-0.1, -0.05) is 13.5 Å². The fraction of sp³-hybridized carbons (Fsp3) is 0.750. The van der Waals surface area contributed by atoms with Crippen LogP contribution in [0.3, 0.4) is 0 Å². The lowest BCUT2D eigenvalue weighted by atomic mass is 9.43. The summed E-state index contributed by atoms with van der Waals surface area (Å²) in [6.45, 7) is 8.32. The number of Topliss-reactive ketones (excluding diaryl/α,β-unsaturated/α-hetero) is 1. The molecule has 7 atom stereocenters. The van der Waals surface area contributed by atoms with Gasteiger partial charge in [0.2, 0.25) is 0 Å². The average Bonchev–Trinajstić information content (AvgIpc) is 2.93. The molecular formula is C24H32O8. The van der Waals surface area contributed by atoms with Crippen molar-refractivity contribution < 1.29 is 38.5 Å². The molecule has 3 saturated carbocycles. The molecule has 32 heavy (non-hydrogen) atoms. The molecule has 4 aliphatic rings. The summed E-state index contributed by atoms with van der Waals surface area (Å²) >= 11 is 0. The van der Waals surface area contributed by atoms with Crippen LogP contribution in [0.4, 0.5) is 0 Å². The number of aliphatic hydroxyl groups excluding tert-OH is 1. The third kappa shape index (κ3) is 2.98.